The molecule has 1 amide bonds. The number of amides is 1. The number of carboxylic acid groups (broad SMARTS) is 1. The number of nitrogens with one attached hydrogen (secondary N) is 1. The standard InChI is InChI=1S/C26H27F3N4O3/c1-16(18-9-11-20(12-10-18)25(35)36)30-24(34)23-22(19-5-3-2-4-6-19)31-32-33(23)15-17-7-13-21(14-8-17)26(27,28)29/h7-14,16,19H,2-6,15H2,1H3,(H,30,34)(H,35,36)/t16-/m0/s1. The maximum atomic E-state index is 13.5. The Hall–Kier alpha value is -3.69. The van der Waals surface area contributed by atoms with Gasteiger partial charge in [-0.1, -0.05) is 48.7 Å². The number of carbonyl (C=O) groups is 2. The fraction of sp³-hybridized carbons (Fsp3) is 0.385. The second kappa shape index (κ2) is 10.5. The molecule has 0 aliphatic heterocycles. The highest BCUT2D eigenvalue weighted by Crippen LogP contribution is 2.34. The molecule has 1 heterocycles. The second-order valence-electron chi connectivity index (χ2n) is 9.13. The molecule has 7 nitrogen and oxygen atoms in total. The first-order valence-electron chi connectivity index (χ1n) is 11.9. The van der Waals surface area contributed by atoms with E-state index in [0.29, 0.717) is 17.0 Å². The largest absolute Gasteiger partial charge is 0.478 e. The Morgan fingerprint density at radius 3 is 2.28 bits per heavy atom. The van der Waals surface area contributed by atoms with Gasteiger partial charge in [-0.25, -0.2) is 9.48 Å². The summed E-state index contributed by atoms with van der Waals surface area (Å²) in [5.41, 5.74) is 1.61. The summed E-state index contributed by atoms with van der Waals surface area (Å²) in [4.78, 5) is 24.6. The van der Waals surface area contributed by atoms with Crippen molar-refractivity contribution in [2.75, 3.05) is 0 Å². The molecule has 2 N–H and O–H groups in total. The number of alkyl halides is 3. The van der Waals surface area contributed by atoms with E-state index in [1.165, 1.54) is 28.9 Å². The van der Waals surface area contributed by atoms with Gasteiger partial charge in [-0.05, 0) is 55.2 Å². The first-order chi connectivity index (χ1) is 17.1. The van der Waals surface area contributed by atoms with Crippen molar-refractivity contribution < 1.29 is 27.9 Å². The summed E-state index contributed by atoms with van der Waals surface area (Å²) >= 11 is 0. The number of hydrogen-bond acceptors (Lipinski definition) is 4. The van der Waals surface area contributed by atoms with Crippen LogP contribution in [0.2, 0.25) is 0 Å². The second-order valence-corrected chi connectivity index (χ2v) is 9.13. The highest BCUT2D eigenvalue weighted by Gasteiger charge is 2.31. The molecular weight excluding hydrogens is 473 g/mol. The zero-order chi connectivity index (χ0) is 25.9. The van der Waals surface area contributed by atoms with Crippen LogP contribution in [-0.2, 0) is 12.7 Å². The van der Waals surface area contributed by atoms with E-state index in [1.54, 1.807) is 19.1 Å². The van der Waals surface area contributed by atoms with Crippen LogP contribution in [0.1, 0.15) is 94.2 Å². The highest BCUT2D eigenvalue weighted by atomic mass is 19.4. The molecular formula is C26H27F3N4O3. The smallest absolute Gasteiger partial charge is 0.416 e. The van der Waals surface area contributed by atoms with Crippen LogP contribution in [0.5, 0.6) is 0 Å². The predicted molar refractivity (Wildman–Crippen MR) is 126 cm³/mol. The van der Waals surface area contributed by atoms with Crippen molar-refractivity contribution in [1.82, 2.24) is 20.3 Å². The number of carbonyl (C=O) groups excluding carboxylic acids is 1. The minimum Gasteiger partial charge on any atom is -0.478 e. The molecule has 1 atom stereocenters. The Morgan fingerprint density at radius 1 is 1.06 bits per heavy atom. The van der Waals surface area contributed by atoms with Gasteiger partial charge in [-0.15, -0.1) is 5.10 Å². The maximum absolute atomic E-state index is 13.5. The molecule has 3 aromatic rings. The van der Waals surface area contributed by atoms with Gasteiger partial charge in [0.2, 0.25) is 0 Å². The van der Waals surface area contributed by atoms with Crippen LogP contribution in [0.15, 0.2) is 48.5 Å². The third-order valence-corrected chi connectivity index (χ3v) is 6.59. The molecule has 1 aliphatic rings. The van der Waals surface area contributed by atoms with Gasteiger partial charge in [-0.3, -0.25) is 4.79 Å². The fourth-order valence-corrected chi connectivity index (χ4v) is 4.56. The summed E-state index contributed by atoms with van der Waals surface area (Å²) in [6.07, 6.45) is 0.551. The van der Waals surface area contributed by atoms with Crippen molar-refractivity contribution in [3.8, 4) is 0 Å². The molecule has 0 saturated heterocycles. The van der Waals surface area contributed by atoms with Crippen LogP contribution < -0.4 is 5.32 Å². The molecule has 2 aromatic carbocycles. The van der Waals surface area contributed by atoms with E-state index >= 15 is 0 Å². The van der Waals surface area contributed by atoms with Gasteiger partial charge in [0.25, 0.3) is 5.91 Å². The van der Waals surface area contributed by atoms with Crippen molar-refractivity contribution in [2.45, 2.75) is 63.7 Å². The van der Waals surface area contributed by atoms with Crippen LogP contribution in [-0.4, -0.2) is 32.0 Å². The molecule has 10 heteroatoms. The van der Waals surface area contributed by atoms with Crippen LogP contribution in [0.25, 0.3) is 0 Å². The number of hydrogen-bond donors (Lipinski definition) is 2. The number of benzene rings is 2. The number of aromatic nitrogens is 3. The van der Waals surface area contributed by atoms with Gasteiger partial charge >= 0.3 is 12.1 Å². The van der Waals surface area contributed by atoms with Crippen LogP contribution in [0.3, 0.4) is 0 Å². The van der Waals surface area contributed by atoms with Crippen LogP contribution in [0.4, 0.5) is 13.2 Å². The fourth-order valence-electron chi connectivity index (χ4n) is 4.56. The zero-order valence-electron chi connectivity index (χ0n) is 19.8. The van der Waals surface area contributed by atoms with Gasteiger partial charge in [0, 0.05) is 5.92 Å². The van der Waals surface area contributed by atoms with Crippen molar-refractivity contribution in [3.63, 3.8) is 0 Å². The van der Waals surface area contributed by atoms with Crippen molar-refractivity contribution in [1.29, 1.82) is 0 Å². The lowest BCUT2D eigenvalue weighted by Gasteiger charge is -2.21. The van der Waals surface area contributed by atoms with Gasteiger partial charge < -0.3 is 10.4 Å². The molecule has 190 valence electrons. The summed E-state index contributed by atoms with van der Waals surface area (Å²) in [6.45, 7) is 1.89. The lowest BCUT2D eigenvalue weighted by atomic mass is 9.86. The predicted octanol–water partition coefficient (Wildman–Crippen LogP) is 5.58. The number of nitrogens with zero attached hydrogens (tertiary/aromatic N) is 3. The monoisotopic (exact) mass is 500 g/mol. The zero-order valence-corrected chi connectivity index (χ0v) is 19.8. The molecule has 4 rings (SSSR count). The third kappa shape index (κ3) is 5.75. The van der Waals surface area contributed by atoms with E-state index < -0.39 is 23.8 Å². The van der Waals surface area contributed by atoms with E-state index in [1.807, 2.05) is 0 Å². The first kappa shape index (κ1) is 25.4. The molecule has 36 heavy (non-hydrogen) atoms. The van der Waals surface area contributed by atoms with Crippen molar-refractivity contribution in [2.24, 2.45) is 0 Å². The molecule has 0 bridgehead atoms. The topological polar surface area (TPSA) is 97.1 Å². The Balaban J connectivity index is 1.59. The van der Waals surface area contributed by atoms with E-state index in [4.69, 9.17) is 5.11 Å². The Labute approximate surface area is 206 Å². The van der Waals surface area contributed by atoms with E-state index in [9.17, 15) is 22.8 Å². The SMILES string of the molecule is C[C@H](NC(=O)c1c(C2CCCCC2)nnn1Cc1ccc(C(F)(F)F)cc1)c1ccc(C(=O)O)cc1. The number of rotatable bonds is 7. The Bertz CT molecular complexity index is 1210. The van der Waals surface area contributed by atoms with Crippen LogP contribution in [0, 0.1) is 0 Å². The summed E-state index contributed by atoms with van der Waals surface area (Å²) in [6, 6.07) is 10.6. The third-order valence-electron chi connectivity index (χ3n) is 6.59. The Kier molecular flexibility index (Phi) is 7.42. The van der Waals surface area contributed by atoms with Crippen LogP contribution >= 0.6 is 0 Å². The normalized spacial score (nSPS) is 15.4. The molecule has 1 saturated carbocycles. The lowest BCUT2D eigenvalue weighted by Crippen LogP contribution is -2.30. The number of carboxylic acids is 1. The lowest BCUT2D eigenvalue weighted by molar-refractivity contribution is -0.137. The molecule has 0 unspecified atom stereocenters. The van der Waals surface area contributed by atoms with E-state index in [0.717, 1.165) is 49.8 Å². The molecule has 1 fully saturated rings. The maximum Gasteiger partial charge on any atom is 0.416 e. The first-order valence-corrected chi connectivity index (χ1v) is 11.9. The number of halogens is 3. The van der Waals surface area contributed by atoms with Crippen molar-refractivity contribution >= 4 is 11.9 Å². The van der Waals surface area contributed by atoms with E-state index in [-0.39, 0.29) is 23.9 Å². The van der Waals surface area contributed by atoms with Gasteiger partial charge in [0.05, 0.1) is 29.4 Å². The average molecular weight is 501 g/mol. The quantitative estimate of drug-likeness (QED) is 0.441. The van der Waals surface area contributed by atoms with Gasteiger partial charge in [-0.2, -0.15) is 13.2 Å². The summed E-state index contributed by atoms with van der Waals surface area (Å²) in [5.74, 6) is -1.33. The Morgan fingerprint density at radius 2 is 1.69 bits per heavy atom. The highest BCUT2D eigenvalue weighted by molar-refractivity contribution is 5.94. The summed E-state index contributed by atoms with van der Waals surface area (Å²) in [7, 11) is 0. The van der Waals surface area contributed by atoms with Gasteiger partial charge in [0.1, 0.15) is 5.69 Å². The molecule has 1 aliphatic carbocycles. The minimum absolute atomic E-state index is 0.0889. The minimum atomic E-state index is -4.43. The van der Waals surface area contributed by atoms with E-state index in [2.05, 4.69) is 15.6 Å². The summed E-state index contributed by atoms with van der Waals surface area (Å²) in [5, 5.41) is 20.6. The van der Waals surface area contributed by atoms with Gasteiger partial charge in [0.15, 0.2) is 0 Å². The molecule has 1 aromatic heterocycles. The molecule has 0 spiro atoms. The molecule has 0 radical (unpaired) electrons. The number of aromatic carboxylic acids is 1. The van der Waals surface area contributed by atoms with Crippen molar-refractivity contribution in [3.05, 3.63) is 82.2 Å². The summed E-state index contributed by atoms with van der Waals surface area (Å²) < 4.78 is 40.3. The average Bonchev–Trinajstić information content (AvgIpc) is 3.28.